The highest BCUT2D eigenvalue weighted by molar-refractivity contribution is 6.30. The summed E-state index contributed by atoms with van der Waals surface area (Å²) in [5, 5.41) is 3.91. The quantitative estimate of drug-likeness (QED) is 0.531. The standard InChI is InChI=1S/C21H15ClFNO3.C5H12N2/c22-15-4-8-18(9-5-15)27-19-10-6-17(7-11-19)24-20(13-26-21(24)25)14-2-1-3-16(23)12-14;1-7-4-2-6-3-5-7/h1-12,20H,13H2;6H,2-5H2,1H3/t20-;/m1./s1. The molecular weight excluding hydrogens is 457 g/mol. The number of halogens is 2. The summed E-state index contributed by atoms with van der Waals surface area (Å²) >= 11 is 5.87. The molecule has 5 rings (SSSR count). The number of piperazine rings is 1. The van der Waals surface area contributed by atoms with Gasteiger partial charge in [-0.05, 0) is 73.3 Å². The number of hydrogen-bond donors (Lipinski definition) is 1. The lowest BCUT2D eigenvalue weighted by atomic mass is 10.1. The number of carbonyl (C=O) groups is 1. The lowest BCUT2D eigenvalue weighted by Gasteiger charge is -2.22. The normalized spacial score (nSPS) is 18.1. The number of ether oxygens (including phenoxy) is 2. The second kappa shape index (κ2) is 11.3. The maximum absolute atomic E-state index is 13.6. The molecule has 2 saturated heterocycles. The molecule has 0 bridgehead atoms. The third-order valence-electron chi connectivity index (χ3n) is 5.61. The Morgan fingerprint density at radius 1 is 1.00 bits per heavy atom. The van der Waals surface area contributed by atoms with Gasteiger partial charge in [-0.3, -0.25) is 4.90 Å². The van der Waals surface area contributed by atoms with E-state index in [0.29, 0.717) is 27.8 Å². The largest absolute Gasteiger partial charge is 0.457 e. The number of rotatable bonds is 4. The number of anilines is 1. The fourth-order valence-corrected chi connectivity index (χ4v) is 3.88. The van der Waals surface area contributed by atoms with Gasteiger partial charge in [0.2, 0.25) is 0 Å². The van der Waals surface area contributed by atoms with Crippen LogP contribution in [0, 0.1) is 5.82 Å². The van der Waals surface area contributed by atoms with E-state index >= 15 is 0 Å². The van der Waals surface area contributed by atoms with E-state index in [1.54, 1.807) is 60.7 Å². The van der Waals surface area contributed by atoms with E-state index in [4.69, 9.17) is 21.1 Å². The minimum atomic E-state index is -0.462. The van der Waals surface area contributed by atoms with Crippen LogP contribution in [-0.4, -0.2) is 50.8 Å². The molecule has 0 spiro atoms. The van der Waals surface area contributed by atoms with E-state index in [9.17, 15) is 9.18 Å². The van der Waals surface area contributed by atoms with E-state index < -0.39 is 6.09 Å². The maximum atomic E-state index is 13.6. The Hall–Kier alpha value is -3.13. The third kappa shape index (κ3) is 6.26. The number of nitrogens with zero attached hydrogens (tertiary/aromatic N) is 2. The van der Waals surface area contributed by atoms with Crippen LogP contribution in [0.5, 0.6) is 11.5 Å². The molecule has 0 aromatic heterocycles. The molecule has 1 N–H and O–H groups in total. The van der Waals surface area contributed by atoms with Crippen LogP contribution in [0.15, 0.2) is 72.8 Å². The van der Waals surface area contributed by atoms with Gasteiger partial charge >= 0.3 is 6.09 Å². The molecule has 2 aliphatic heterocycles. The number of nitrogens with one attached hydrogen (secondary N) is 1. The molecule has 2 aliphatic rings. The SMILES string of the molecule is CN1CCNCC1.O=C1OC[C@H](c2cccc(F)c2)N1c1ccc(Oc2ccc(Cl)cc2)cc1. The first-order valence-corrected chi connectivity index (χ1v) is 11.5. The molecule has 6 nitrogen and oxygen atoms in total. The van der Waals surface area contributed by atoms with Crippen molar-refractivity contribution < 1.29 is 18.7 Å². The minimum absolute atomic E-state index is 0.172. The Morgan fingerprint density at radius 3 is 2.24 bits per heavy atom. The monoisotopic (exact) mass is 483 g/mol. The summed E-state index contributed by atoms with van der Waals surface area (Å²) in [6, 6.07) is 19.9. The van der Waals surface area contributed by atoms with Crippen molar-refractivity contribution in [1.82, 2.24) is 10.2 Å². The molecule has 0 unspecified atom stereocenters. The molecule has 178 valence electrons. The van der Waals surface area contributed by atoms with Gasteiger partial charge in [0.05, 0.1) is 6.04 Å². The summed E-state index contributed by atoms with van der Waals surface area (Å²) < 4.78 is 24.5. The van der Waals surface area contributed by atoms with Crippen LogP contribution >= 0.6 is 11.6 Å². The first kappa shape index (κ1) is 24.0. The van der Waals surface area contributed by atoms with Crippen LogP contribution < -0.4 is 15.0 Å². The molecule has 8 heteroatoms. The second-order valence-electron chi connectivity index (χ2n) is 8.12. The summed E-state index contributed by atoms with van der Waals surface area (Å²) in [5.41, 5.74) is 1.33. The lowest BCUT2D eigenvalue weighted by molar-refractivity contribution is 0.179. The molecule has 3 aromatic carbocycles. The Labute approximate surface area is 203 Å². The van der Waals surface area contributed by atoms with E-state index in [0.717, 1.165) is 13.1 Å². The van der Waals surface area contributed by atoms with E-state index in [-0.39, 0.29) is 18.5 Å². The van der Waals surface area contributed by atoms with Crippen molar-refractivity contribution >= 4 is 23.4 Å². The first-order chi connectivity index (χ1) is 16.5. The Morgan fingerprint density at radius 2 is 1.65 bits per heavy atom. The molecule has 0 aliphatic carbocycles. The van der Waals surface area contributed by atoms with E-state index in [1.165, 1.54) is 30.1 Å². The molecule has 2 fully saturated rings. The van der Waals surface area contributed by atoms with Crippen LogP contribution in [0.25, 0.3) is 0 Å². The fraction of sp³-hybridized carbons (Fsp3) is 0.269. The van der Waals surface area contributed by atoms with Crippen molar-refractivity contribution in [2.75, 3.05) is 44.7 Å². The summed E-state index contributed by atoms with van der Waals surface area (Å²) in [6.07, 6.45) is -0.462. The van der Waals surface area contributed by atoms with Gasteiger partial charge in [-0.2, -0.15) is 0 Å². The van der Waals surface area contributed by atoms with Crippen molar-refractivity contribution in [2.24, 2.45) is 0 Å². The zero-order chi connectivity index (χ0) is 23.9. The Bertz CT molecular complexity index is 1090. The summed E-state index contributed by atoms with van der Waals surface area (Å²) in [6.45, 7) is 4.91. The smallest absolute Gasteiger partial charge is 0.415 e. The maximum Gasteiger partial charge on any atom is 0.415 e. The minimum Gasteiger partial charge on any atom is -0.457 e. The highest BCUT2D eigenvalue weighted by Gasteiger charge is 2.35. The predicted octanol–water partition coefficient (Wildman–Crippen LogP) is 5.49. The molecular formula is C26H27ClFN3O3. The average molecular weight is 484 g/mol. The van der Waals surface area contributed by atoms with Gasteiger partial charge in [0, 0.05) is 36.9 Å². The number of likely N-dealkylation sites (N-methyl/N-ethyl adjacent to an activating group) is 1. The molecule has 3 aromatic rings. The molecule has 34 heavy (non-hydrogen) atoms. The highest BCUT2D eigenvalue weighted by atomic mass is 35.5. The van der Waals surface area contributed by atoms with Gasteiger partial charge in [-0.25, -0.2) is 9.18 Å². The zero-order valence-electron chi connectivity index (χ0n) is 18.9. The van der Waals surface area contributed by atoms with Crippen LogP contribution in [0.1, 0.15) is 11.6 Å². The van der Waals surface area contributed by atoms with Crippen molar-refractivity contribution in [2.45, 2.75) is 6.04 Å². The van der Waals surface area contributed by atoms with Crippen LogP contribution in [0.4, 0.5) is 14.9 Å². The van der Waals surface area contributed by atoms with Crippen LogP contribution in [0.2, 0.25) is 5.02 Å². The Kier molecular flexibility index (Phi) is 8.00. The first-order valence-electron chi connectivity index (χ1n) is 11.1. The van der Waals surface area contributed by atoms with Crippen molar-refractivity contribution in [3.05, 3.63) is 89.2 Å². The molecule has 0 radical (unpaired) electrons. The number of amides is 1. The number of cyclic esters (lactones) is 1. The molecule has 1 atom stereocenters. The number of benzene rings is 3. The zero-order valence-corrected chi connectivity index (χ0v) is 19.7. The molecule has 0 saturated carbocycles. The molecule has 2 heterocycles. The van der Waals surface area contributed by atoms with E-state index in [2.05, 4.69) is 17.3 Å². The Balaban J connectivity index is 0.000000336. The lowest BCUT2D eigenvalue weighted by Crippen LogP contribution is -2.40. The van der Waals surface area contributed by atoms with Gasteiger partial charge in [0.15, 0.2) is 0 Å². The highest BCUT2D eigenvalue weighted by Crippen LogP contribution is 2.34. The average Bonchev–Trinajstić information content (AvgIpc) is 3.23. The topological polar surface area (TPSA) is 54.0 Å². The van der Waals surface area contributed by atoms with Crippen LogP contribution in [0.3, 0.4) is 0 Å². The predicted molar refractivity (Wildman–Crippen MR) is 131 cm³/mol. The van der Waals surface area contributed by atoms with Gasteiger partial charge in [0.1, 0.15) is 23.9 Å². The second-order valence-corrected chi connectivity index (χ2v) is 8.56. The summed E-state index contributed by atoms with van der Waals surface area (Å²) in [4.78, 5) is 16.1. The van der Waals surface area contributed by atoms with Gasteiger partial charge < -0.3 is 19.7 Å². The van der Waals surface area contributed by atoms with Crippen molar-refractivity contribution in [1.29, 1.82) is 0 Å². The number of carbonyl (C=O) groups excluding carboxylic acids is 1. The van der Waals surface area contributed by atoms with Crippen LogP contribution in [-0.2, 0) is 4.74 Å². The van der Waals surface area contributed by atoms with Gasteiger partial charge in [-0.1, -0.05) is 23.7 Å². The summed E-state index contributed by atoms with van der Waals surface area (Å²) in [7, 11) is 2.15. The summed E-state index contributed by atoms with van der Waals surface area (Å²) in [5.74, 6) is 0.930. The van der Waals surface area contributed by atoms with Crippen molar-refractivity contribution in [3.8, 4) is 11.5 Å². The number of hydrogen-bond acceptors (Lipinski definition) is 5. The van der Waals surface area contributed by atoms with Crippen molar-refractivity contribution in [3.63, 3.8) is 0 Å². The third-order valence-corrected chi connectivity index (χ3v) is 5.86. The van der Waals surface area contributed by atoms with Gasteiger partial charge in [0.25, 0.3) is 0 Å². The molecule has 1 amide bonds. The van der Waals surface area contributed by atoms with E-state index in [1.807, 2.05) is 0 Å². The fourth-order valence-electron chi connectivity index (χ4n) is 3.76. The van der Waals surface area contributed by atoms with Gasteiger partial charge in [-0.15, -0.1) is 0 Å².